The van der Waals surface area contributed by atoms with Crippen molar-refractivity contribution >= 4 is 78.1 Å². The predicted molar refractivity (Wildman–Crippen MR) is 256 cm³/mol. The molecule has 0 atom stereocenters. The minimum atomic E-state index is -0.357. The number of anilines is 2. The monoisotopic (exact) mass is 822 g/mol. The molecule has 7 aromatic rings. The van der Waals surface area contributed by atoms with E-state index in [0.717, 1.165) is 72.8 Å². The van der Waals surface area contributed by atoms with E-state index in [1.807, 2.05) is 42.5 Å². The number of nitrogens with zero attached hydrogens (tertiary/aromatic N) is 2. The molecular weight excluding hydrogens is 765 g/mol. The van der Waals surface area contributed by atoms with Crippen LogP contribution in [0.25, 0.3) is 43.1 Å². The lowest BCUT2D eigenvalue weighted by Crippen LogP contribution is -2.43. The number of aryl methyl sites for hydroxylation is 2. The molecule has 7 aromatic carbocycles. The van der Waals surface area contributed by atoms with Crippen LogP contribution in [0.2, 0.25) is 0 Å². The van der Waals surface area contributed by atoms with Crippen molar-refractivity contribution in [3.63, 3.8) is 0 Å². The second kappa shape index (κ2) is 13.8. The summed E-state index contributed by atoms with van der Waals surface area (Å²) in [5, 5.41) is 6.76. The topological polar surface area (TPSA) is 74.8 Å². The van der Waals surface area contributed by atoms with E-state index < -0.39 is 0 Å². The van der Waals surface area contributed by atoms with Gasteiger partial charge in [-0.05, 0) is 144 Å². The lowest BCUT2D eigenvalue weighted by Gasteiger charge is -2.36. The van der Waals surface area contributed by atoms with E-state index in [1.54, 1.807) is 12.1 Å². The van der Waals surface area contributed by atoms with E-state index in [0.29, 0.717) is 51.9 Å². The molecule has 6 heteroatoms. The van der Waals surface area contributed by atoms with Crippen LogP contribution in [-0.2, 0) is 23.7 Å². The summed E-state index contributed by atoms with van der Waals surface area (Å²) in [6.45, 7) is 26.2. The first-order valence-electron chi connectivity index (χ1n) is 22.2. The Morgan fingerprint density at radius 1 is 0.435 bits per heavy atom. The van der Waals surface area contributed by atoms with Crippen LogP contribution in [0.15, 0.2) is 84.9 Å². The Morgan fingerprint density at radius 3 is 1.37 bits per heavy atom. The summed E-state index contributed by atoms with van der Waals surface area (Å²) in [7, 11) is 0. The number of amides is 4. The lowest BCUT2D eigenvalue weighted by atomic mass is 9.76. The van der Waals surface area contributed by atoms with Crippen LogP contribution in [0, 0.1) is 10.8 Å². The second-order valence-corrected chi connectivity index (χ2v) is 22.3. The minimum Gasteiger partial charge on any atom is -0.268 e. The summed E-state index contributed by atoms with van der Waals surface area (Å²) in [5.41, 5.74) is 6.49. The van der Waals surface area contributed by atoms with E-state index in [4.69, 9.17) is 0 Å². The molecular formula is C56H58N2O4. The van der Waals surface area contributed by atoms with Crippen molar-refractivity contribution in [3.05, 3.63) is 129 Å². The fraction of sp³-hybridized carbons (Fsp3) is 0.357. The van der Waals surface area contributed by atoms with Crippen molar-refractivity contribution in [2.24, 2.45) is 10.8 Å². The molecule has 2 heterocycles. The molecule has 0 fully saturated rings. The Bertz CT molecular complexity index is 2930. The molecule has 6 nitrogen and oxygen atoms in total. The van der Waals surface area contributed by atoms with Crippen LogP contribution in [0.1, 0.15) is 160 Å². The van der Waals surface area contributed by atoms with Crippen molar-refractivity contribution in [1.29, 1.82) is 0 Å². The number of hydrogen-bond acceptors (Lipinski definition) is 4. The maximum absolute atomic E-state index is 15.8. The van der Waals surface area contributed by atoms with E-state index in [9.17, 15) is 9.59 Å². The van der Waals surface area contributed by atoms with E-state index in [-0.39, 0.29) is 45.3 Å². The number of carbonyl (C=O) groups is 4. The van der Waals surface area contributed by atoms with Crippen LogP contribution >= 0.6 is 0 Å². The van der Waals surface area contributed by atoms with Gasteiger partial charge in [0.25, 0.3) is 23.6 Å². The van der Waals surface area contributed by atoms with E-state index in [2.05, 4.69) is 113 Å². The molecule has 0 spiro atoms. The number of hydrogen-bond donors (Lipinski definition) is 0. The Labute approximate surface area is 365 Å². The molecule has 316 valence electrons. The van der Waals surface area contributed by atoms with Crippen molar-refractivity contribution in [2.45, 2.75) is 120 Å². The number of benzene rings is 7. The average Bonchev–Trinajstić information content (AvgIpc) is 3.18. The van der Waals surface area contributed by atoms with Gasteiger partial charge in [-0.1, -0.05) is 126 Å². The van der Waals surface area contributed by atoms with Gasteiger partial charge in [-0.25, -0.2) is 9.80 Å². The van der Waals surface area contributed by atoms with Crippen molar-refractivity contribution in [1.82, 2.24) is 0 Å². The van der Waals surface area contributed by atoms with E-state index >= 15 is 9.59 Å². The zero-order chi connectivity index (χ0) is 44.6. The summed E-state index contributed by atoms with van der Waals surface area (Å²) in [5.74, 6) is -1.29. The van der Waals surface area contributed by atoms with Gasteiger partial charge in [0.1, 0.15) is 0 Å². The molecule has 0 saturated carbocycles. The molecule has 0 unspecified atom stereocenters. The highest BCUT2D eigenvalue weighted by atomic mass is 16.2. The van der Waals surface area contributed by atoms with Crippen LogP contribution in [0.5, 0.6) is 0 Å². The molecule has 0 bridgehead atoms. The molecule has 0 radical (unpaired) electrons. The van der Waals surface area contributed by atoms with Crippen molar-refractivity contribution in [2.75, 3.05) is 9.80 Å². The molecule has 62 heavy (non-hydrogen) atoms. The fourth-order valence-electron chi connectivity index (χ4n) is 9.87. The average molecular weight is 823 g/mol. The molecule has 2 aliphatic rings. The summed E-state index contributed by atoms with van der Waals surface area (Å²) >= 11 is 0. The van der Waals surface area contributed by atoms with Crippen molar-refractivity contribution < 1.29 is 19.2 Å². The SMILES string of the molecule is CC(C)(C)CCc1cc2c3ccc4c5c(ccc(c6cc(CCC(C)(C)C)c7c(c1C(=O)N(c1cc(C(C)(C)C)ccc1C(C)(C)C)C7=O)c26)c53)C(=O)N(c1ccccc1)C4=O. The smallest absolute Gasteiger partial charge is 0.266 e. The van der Waals surface area contributed by atoms with Gasteiger partial charge < -0.3 is 0 Å². The summed E-state index contributed by atoms with van der Waals surface area (Å²) in [6.07, 6.45) is 2.89. The lowest BCUT2D eigenvalue weighted by molar-refractivity contribution is 0.0876. The minimum absolute atomic E-state index is 0.0338. The third-order valence-electron chi connectivity index (χ3n) is 13.2. The third-order valence-corrected chi connectivity index (χ3v) is 13.2. The first-order valence-corrected chi connectivity index (χ1v) is 22.2. The Balaban J connectivity index is 1.41. The molecule has 9 rings (SSSR count). The van der Waals surface area contributed by atoms with Gasteiger partial charge in [0.05, 0.1) is 22.5 Å². The van der Waals surface area contributed by atoms with Crippen LogP contribution in [-0.4, -0.2) is 23.6 Å². The highest BCUT2D eigenvalue weighted by Gasteiger charge is 2.42. The summed E-state index contributed by atoms with van der Waals surface area (Å²) < 4.78 is 0. The predicted octanol–water partition coefficient (Wildman–Crippen LogP) is 13.9. The van der Waals surface area contributed by atoms with Gasteiger partial charge in [-0.3, -0.25) is 19.2 Å². The highest BCUT2D eigenvalue weighted by molar-refractivity contribution is 6.46. The summed E-state index contributed by atoms with van der Waals surface area (Å²) in [4.78, 5) is 63.1. The Hall–Kier alpha value is -5.88. The molecule has 0 aromatic heterocycles. The number of fused-ring (bicyclic) bond motifs is 2. The standard InChI is InChI=1S/C56H58N2O4/c1-53(2,3)26-24-31-28-39-35-19-21-37-46-38(50(60)57(49(37)59)34-16-14-13-15-17-34)22-20-36(45(35)46)40-29-32(25-27-54(4,5)6)44-48(47(39)40)43(31)51(61)58(52(44)62)42-30-33(55(7,8)9)18-23-41(42)56(10,11)12/h13-23,28-30H,24-27H2,1-12H3. The van der Waals surface area contributed by atoms with Gasteiger partial charge in [0, 0.05) is 21.9 Å². The first kappa shape index (κ1) is 41.5. The number of para-hydroxylation sites is 1. The molecule has 2 aliphatic heterocycles. The van der Waals surface area contributed by atoms with Gasteiger partial charge in [-0.2, -0.15) is 0 Å². The molecule has 4 amide bonds. The zero-order valence-corrected chi connectivity index (χ0v) is 38.4. The van der Waals surface area contributed by atoms with Crippen molar-refractivity contribution in [3.8, 4) is 0 Å². The first-order chi connectivity index (χ1) is 29.0. The maximum atomic E-state index is 15.8. The molecule has 0 saturated heterocycles. The number of rotatable bonds is 6. The number of carbonyl (C=O) groups excluding carboxylic acids is 4. The zero-order valence-electron chi connectivity index (χ0n) is 38.4. The molecule has 0 N–H and O–H groups in total. The maximum Gasteiger partial charge on any atom is 0.266 e. The Kier molecular flexibility index (Phi) is 9.24. The normalized spacial score (nSPS) is 15.1. The van der Waals surface area contributed by atoms with Gasteiger partial charge in [0.15, 0.2) is 0 Å². The quantitative estimate of drug-likeness (QED) is 0.0951. The number of imide groups is 2. The largest absolute Gasteiger partial charge is 0.268 e. The third kappa shape index (κ3) is 6.51. The molecule has 0 aliphatic carbocycles. The van der Waals surface area contributed by atoms with Gasteiger partial charge in [-0.15, -0.1) is 0 Å². The Morgan fingerprint density at radius 2 is 0.919 bits per heavy atom. The van der Waals surface area contributed by atoms with E-state index in [1.165, 1.54) is 9.80 Å². The van der Waals surface area contributed by atoms with Crippen LogP contribution < -0.4 is 9.80 Å². The van der Waals surface area contributed by atoms with Gasteiger partial charge >= 0.3 is 0 Å². The fourth-order valence-corrected chi connectivity index (χ4v) is 9.87. The highest BCUT2D eigenvalue weighted by Crippen LogP contribution is 2.50. The van der Waals surface area contributed by atoms with Gasteiger partial charge in [0.2, 0.25) is 0 Å². The van der Waals surface area contributed by atoms with Crippen LogP contribution in [0.3, 0.4) is 0 Å². The van der Waals surface area contributed by atoms with Crippen LogP contribution in [0.4, 0.5) is 11.4 Å². The summed E-state index contributed by atoms with van der Waals surface area (Å²) in [6, 6.07) is 27.5. The second-order valence-electron chi connectivity index (χ2n) is 22.3.